The maximum Gasteiger partial charge on any atom is 0.130 e. The fraction of sp³-hybridized carbons (Fsp3) is 0.375. The molecule has 6 nitrogen and oxygen atoms in total. The van der Waals surface area contributed by atoms with E-state index in [1.807, 2.05) is 80.6 Å². The molecule has 3 aromatic carbocycles. The SMILES string of the molecule is CC(=O)CCC(C)CC(C)=O.COc1ccc(-c2ccc(OC)cc2)cc1.COc1ccc(OC)c(C)c1. The standard InChI is InChI=1S/C14H14O2.C9H12O2.C9H16O2/c1-15-13-7-3-11(4-8-13)12-5-9-14(16-2)10-6-12;1-7-6-8(10-2)4-5-9(7)11-3;1-7(6-9(3)11)4-5-8(2)10/h3-10H,1-2H3;4-6H,1-3H3;7H,4-6H2,1-3H3. The molecule has 0 amide bonds. The molecule has 0 spiro atoms. The van der Waals surface area contributed by atoms with Gasteiger partial charge in [-0.2, -0.15) is 0 Å². The first-order chi connectivity index (χ1) is 18.1. The predicted molar refractivity (Wildman–Crippen MR) is 154 cm³/mol. The molecule has 0 bridgehead atoms. The molecule has 0 aromatic heterocycles. The van der Waals surface area contributed by atoms with Gasteiger partial charge in [-0.15, -0.1) is 0 Å². The van der Waals surface area contributed by atoms with Gasteiger partial charge in [-0.3, -0.25) is 0 Å². The van der Waals surface area contributed by atoms with Gasteiger partial charge < -0.3 is 28.5 Å². The van der Waals surface area contributed by atoms with Gasteiger partial charge in [0.1, 0.15) is 34.6 Å². The highest BCUT2D eigenvalue weighted by atomic mass is 16.5. The second-order valence-corrected chi connectivity index (χ2v) is 9.04. The van der Waals surface area contributed by atoms with Crippen LogP contribution in [-0.4, -0.2) is 40.0 Å². The van der Waals surface area contributed by atoms with Crippen LogP contribution in [0.4, 0.5) is 0 Å². The average molecular weight is 523 g/mol. The van der Waals surface area contributed by atoms with Crippen LogP contribution in [0.25, 0.3) is 11.1 Å². The molecular formula is C32H42O6. The van der Waals surface area contributed by atoms with Crippen molar-refractivity contribution in [1.29, 1.82) is 0 Å². The minimum atomic E-state index is 0.209. The van der Waals surface area contributed by atoms with Gasteiger partial charge >= 0.3 is 0 Å². The predicted octanol–water partition coefficient (Wildman–Crippen LogP) is 7.35. The Bertz CT molecular complexity index is 1060. The number of Topliss-reactive ketones (excluding diaryl/α,β-unsaturated/α-hetero) is 2. The number of benzene rings is 3. The van der Waals surface area contributed by atoms with E-state index < -0.39 is 0 Å². The van der Waals surface area contributed by atoms with Crippen LogP contribution in [0.1, 0.15) is 45.6 Å². The van der Waals surface area contributed by atoms with Crippen LogP contribution in [0.15, 0.2) is 66.7 Å². The highest BCUT2D eigenvalue weighted by molar-refractivity contribution is 5.76. The first-order valence-corrected chi connectivity index (χ1v) is 12.6. The fourth-order valence-electron chi connectivity index (χ4n) is 3.59. The minimum Gasteiger partial charge on any atom is -0.497 e. The van der Waals surface area contributed by atoms with Crippen molar-refractivity contribution in [3.63, 3.8) is 0 Å². The van der Waals surface area contributed by atoms with E-state index in [-0.39, 0.29) is 11.6 Å². The summed E-state index contributed by atoms with van der Waals surface area (Å²) in [6, 6.07) is 21.7. The molecule has 0 saturated heterocycles. The number of aryl methyl sites for hydroxylation is 1. The van der Waals surface area contributed by atoms with Crippen LogP contribution in [0, 0.1) is 12.8 Å². The monoisotopic (exact) mass is 522 g/mol. The van der Waals surface area contributed by atoms with E-state index in [0.717, 1.165) is 35.0 Å². The Morgan fingerprint density at radius 3 is 1.45 bits per heavy atom. The van der Waals surface area contributed by atoms with E-state index in [0.29, 0.717) is 18.8 Å². The maximum absolute atomic E-state index is 10.6. The number of rotatable bonds is 10. The molecule has 3 aromatic rings. The summed E-state index contributed by atoms with van der Waals surface area (Å²) in [6.45, 7) is 7.16. The lowest BCUT2D eigenvalue weighted by molar-refractivity contribution is -0.119. The molecule has 0 aliphatic rings. The molecule has 0 heterocycles. The molecular weight excluding hydrogens is 480 g/mol. The van der Waals surface area contributed by atoms with Gasteiger partial charge in [0.15, 0.2) is 0 Å². The van der Waals surface area contributed by atoms with Crippen molar-refractivity contribution in [3.8, 4) is 34.1 Å². The Morgan fingerprint density at radius 2 is 1.11 bits per heavy atom. The first kappa shape index (κ1) is 32.2. The lowest BCUT2D eigenvalue weighted by atomic mass is 9.99. The number of methoxy groups -OCH3 is 4. The number of ether oxygens (including phenoxy) is 4. The molecule has 0 aliphatic carbocycles. The highest BCUT2D eigenvalue weighted by Crippen LogP contribution is 2.24. The molecule has 1 unspecified atom stereocenters. The number of ketones is 2. The van der Waals surface area contributed by atoms with Crippen molar-refractivity contribution in [1.82, 2.24) is 0 Å². The number of hydrogen-bond donors (Lipinski definition) is 0. The summed E-state index contributed by atoms with van der Waals surface area (Å²) in [5, 5.41) is 0. The molecule has 0 fully saturated rings. The largest absolute Gasteiger partial charge is 0.497 e. The van der Waals surface area contributed by atoms with Crippen LogP contribution >= 0.6 is 0 Å². The summed E-state index contributed by atoms with van der Waals surface area (Å²) in [4.78, 5) is 21.2. The summed E-state index contributed by atoms with van der Waals surface area (Å²) in [7, 11) is 6.65. The Kier molecular flexibility index (Phi) is 14.9. The third-order valence-corrected chi connectivity index (χ3v) is 5.74. The maximum atomic E-state index is 10.6. The average Bonchev–Trinajstić information content (AvgIpc) is 2.92. The van der Waals surface area contributed by atoms with Gasteiger partial charge in [-0.1, -0.05) is 31.2 Å². The smallest absolute Gasteiger partial charge is 0.130 e. The first-order valence-electron chi connectivity index (χ1n) is 12.6. The normalized spacial score (nSPS) is 10.5. The highest BCUT2D eigenvalue weighted by Gasteiger charge is 2.06. The second kappa shape index (κ2) is 17.6. The zero-order valence-electron chi connectivity index (χ0n) is 24.0. The van der Waals surface area contributed by atoms with Crippen LogP contribution in [-0.2, 0) is 9.59 Å². The lowest BCUT2D eigenvalue weighted by Crippen LogP contribution is -2.03. The molecule has 0 radical (unpaired) electrons. The minimum absolute atomic E-state index is 0.209. The van der Waals surface area contributed by atoms with E-state index in [4.69, 9.17) is 18.9 Å². The summed E-state index contributed by atoms with van der Waals surface area (Å²) >= 11 is 0. The second-order valence-electron chi connectivity index (χ2n) is 9.04. The van der Waals surface area contributed by atoms with Gasteiger partial charge in [-0.25, -0.2) is 0 Å². The van der Waals surface area contributed by atoms with Gasteiger partial charge in [-0.05, 0) is 92.3 Å². The Hall–Kier alpha value is -3.80. The summed E-state index contributed by atoms with van der Waals surface area (Å²) in [5.74, 6) is 4.28. The third-order valence-electron chi connectivity index (χ3n) is 5.74. The summed E-state index contributed by atoms with van der Waals surface area (Å²) < 4.78 is 20.4. The lowest BCUT2D eigenvalue weighted by Gasteiger charge is -2.06. The van der Waals surface area contributed by atoms with E-state index in [1.54, 1.807) is 42.3 Å². The third kappa shape index (κ3) is 12.4. The van der Waals surface area contributed by atoms with Crippen molar-refractivity contribution < 1.29 is 28.5 Å². The zero-order chi connectivity index (χ0) is 28.5. The molecule has 0 aliphatic heterocycles. The van der Waals surface area contributed by atoms with Crippen LogP contribution in [0.5, 0.6) is 23.0 Å². The van der Waals surface area contributed by atoms with E-state index in [9.17, 15) is 9.59 Å². The topological polar surface area (TPSA) is 71.1 Å². The van der Waals surface area contributed by atoms with E-state index in [2.05, 4.69) is 0 Å². The molecule has 0 saturated carbocycles. The van der Waals surface area contributed by atoms with Crippen LogP contribution < -0.4 is 18.9 Å². The summed E-state index contributed by atoms with van der Waals surface area (Å²) in [5.41, 5.74) is 3.43. The van der Waals surface area contributed by atoms with Gasteiger partial charge in [0.25, 0.3) is 0 Å². The molecule has 3 rings (SSSR count). The van der Waals surface area contributed by atoms with Gasteiger partial charge in [0.2, 0.25) is 0 Å². The molecule has 38 heavy (non-hydrogen) atoms. The van der Waals surface area contributed by atoms with Crippen molar-refractivity contribution in [3.05, 3.63) is 72.3 Å². The molecule has 206 valence electrons. The molecule has 0 N–H and O–H groups in total. The molecule has 6 heteroatoms. The van der Waals surface area contributed by atoms with Crippen molar-refractivity contribution in [2.45, 2.75) is 47.0 Å². The number of carbonyl (C=O) groups is 2. The molecule has 1 atom stereocenters. The van der Waals surface area contributed by atoms with Crippen LogP contribution in [0.2, 0.25) is 0 Å². The van der Waals surface area contributed by atoms with Crippen molar-refractivity contribution in [2.24, 2.45) is 5.92 Å². The van der Waals surface area contributed by atoms with Crippen LogP contribution in [0.3, 0.4) is 0 Å². The fourth-order valence-corrected chi connectivity index (χ4v) is 3.59. The van der Waals surface area contributed by atoms with Crippen molar-refractivity contribution in [2.75, 3.05) is 28.4 Å². The van der Waals surface area contributed by atoms with Gasteiger partial charge in [0.05, 0.1) is 28.4 Å². The quantitative estimate of drug-likeness (QED) is 0.277. The van der Waals surface area contributed by atoms with E-state index in [1.165, 1.54) is 11.1 Å². The zero-order valence-corrected chi connectivity index (χ0v) is 24.0. The number of carbonyl (C=O) groups excluding carboxylic acids is 2. The Labute approximate surface area is 227 Å². The summed E-state index contributed by atoms with van der Waals surface area (Å²) in [6.07, 6.45) is 2.05. The number of hydrogen-bond acceptors (Lipinski definition) is 6. The van der Waals surface area contributed by atoms with E-state index >= 15 is 0 Å². The van der Waals surface area contributed by atoms with Gasteiger partial charge in [0, 0.05) is 12.8 Å². The Balaban J connectivity index is 0.000000295. The van der Waals surface area contributed by atoms with Crippen molar-refractivity contribution >= 4 is 11.6 Å². The Morgan fingerprint density at radius 1 is 0.658 bits per heavy atom.